The zero-order valence-corrected chi connectivity index (χ0v) is 20.7. The van der Waals surface area contributed by atoms with Crippen molar-refractivity contribution in [2.45, 2.75) is 64.3 Å². The molecule has 0 aliphatic carbocycles. The maximum Gasteiger partial charge on any atom is 0.303 e. The van der Waals surface area contributed by atoms with Crippen LogP contribution >= 0.6 is 0 Å². The van der Waals surface area contributed by atoms with Gasteiger partial charge in [0, 0.05) is 13.8 Å². The number of rotatable bonds is 6. The Labute approximate surface area is 195 Å². The molecule has 0 spiro atoms. The van der Waals surface area contributed by atoms with Crippen molar-refractivity contribution in [3.63, 3.8) is 0 Å². The lowest BCUT2D eigenvalue weighted by atomic mass is 10.1. The molecule has 1 heterocycles. The second kappa shape index (κ2) is 10.2. The number of hydrogen-bond acceptors (Lipinski definition) is 7. The van der Waals surface area contributed by atoms with Gasteiger partial charge in [0.1, 0.15) is 6.10 Å². The maximum absolute atomic E-state index is 12.0. The highest BCUT2D eigenvalue weighted by Crippen LogP contribution is 2.39. The Bertz CT molecular complexity index is 903. The van der Waals surface area contributed by atoms with Crippen LogP contribution in [0.15, 0.2) is 60.7 Å². The minimum Gasteiger partial charge on any atom is -0.456 e. The van der Waals surface area contributed by atoms with Crippen LogP contribution in [0.4, 0.5) is 0 Å². The summed E-state index contributed by atoms with van der Waals surface area (Å²) in [6, 6.07) is 20.0. The molecule has 0 amide bonds. The molecule has 33 heavy (non-hydrogen) atoms. The van der Waals surface area contributed by atoms with Crippen molar-refractivity contribution in [1.82, 2.24) is 0 Å². The van der Waals surface area contributed by atoms with Gasteiger partial charge in [-0.25, -0.2) is 0 Å². The smallest absolute Gasteiger partial charge is 0.303 e. The van der Waals surface area contributed by atoms with E-state index in [4.69, 9.17) is 18.6 Å². The molecule has 0 bridgehead atoms. The van der Waals surface area contributed by atoms with Gasteiger partial charge in [-0.15, -0.1) is 0 Å². The van der Waals surface area contributed by atoms with Crippen molar-refractivity contribution >= 4 is 30.6 Å². The Morgan fingerprint density at radius 2 is 1.33 bits per heavy atom. The summed E-state index contributed by atoms with van der Waals surface area (Å²) in [6.07, 6.45) is -4.44. The molecule has 0 radical (unpaired) electrons. The van der Waals surface area contributed by atoms with Gasteiger partial charge in [0.05, 0.1) is 6.61 Å². The highest BCUT2D eigenvalue weighted by molar-refractivity contribution is 6.99. The van der Waals surface area contributed by atoms with Gasteiger partial charge < -0.3 is 23.7 Å². The molecule has 0 saturated carbocycles. The molecule has 1 aliphatic heterocycles. The third-order valence-electron chi connectivity index (χ3n) is 5.75. The summed E-state index contributed by atoms with van der Waals surface area (Å²) in [5, 5.41) is 12.1. The van der Waals surface area contributed by atoms with E-state index in [1.165, 1.54) is 13.8 Å². The van der Waals surface area contributed by atoms with Gasteiger partial charge in [-0.05, 0) is 15.4 Å². The van der Waals surface area contributed by atoms with Crippen molar-refractivity contribution in [3.8, 4) is 0 Å². The van der Waals surface area contributed by atoms with Gasteiger partial charge in [-0.1, -0.05) is 81.4 Å². The number of esters is 2. The molecule has 1 fully saturated rings. The number of ether oxygens (including phenoxy) is 3. The van der Waals surface area contributed by atoms with Gasteiger partial charge in [-0.2, -0.15) is 0 Å². The minimum absolute atomic E-state index is 0.0264. The highest BCUT2D eigenvalue weighted by atomic mass is 28.4. The first-order valence-electron chi connectivity index (χ1n) is 11.0. The third-order valence-corrected chi connectivity index (χ3v) is 10.8. The highest BCUT2D eigenvalue weighted by Gasteiger charge is 2.55. The lowest BCUT2D eigenvalue weighted by molar-refractivity contribution is -0.261. The lowest BCUT2D eigenvalue weighted by Crippen LogP contribution is -2.70. The third kappa shape index (κ3) is 5.35. The van der Waals surface area contributed by atoms with Crippen molar-refractivity contribution in [2.75, 3.05) is 6.61 Å². The minimum atomic E-state index is -3.01. The van der Waals surface area contributed by atoms with E-state index in [1.54, 1.807) is 0 Å². The fourth-order valence-corrected chi connectivity index (χ4v) is 9.10. The lowest BCUT2D eigenvalue weighted by Gasteiger charge is -2.48. The van der Waals surface area contributed by atoms with E-state index in [1.807, 2.05) is 60.7 Å². The predicted octanol–water partition coefficient (Wildman–Crippen LogP) is 2.14. The number of carbonyl (C=O) groups excluding carboxylic acids is 2. The number of aliphatic hydroxyl groups is 1. The van der Waals surface area contributed by atoms with E-state index < -0.39 is 44.9 Å². The Morgan fingerprint density at radius 3 is 1.76 bits per heavy atom. The Morgan fingerprint density at radius 1 is 0.879 bits per heavy atom. The Kier molecular flexibility index (Phi) is 7.74. The Hall–Kier alpha value is -2.52. The van der Waals surface area contributed by atoms with Gasteiger partial charge in [0.25, 0.3) is 8.32 Å². The SMILES string of the molecule is CC(=O)O[C@@H]1[C@@H](OC(C)=O)[C@H](O[Si](c2ccccc2)(c2ccccc2)C(C)(C)C)CO[C@H]1O. The molecule has 2 aromatic carbocycles. The zero-order valence-electron chi connectivity index (χ0n) is 19.7. The van der Waals surface area contributed by atoms with E-state index in [0.29, 0.717) is 0 Å². The van der Waals surface area contributed by atoms with Gasteiger partial charge >= 0.3 is 11.9 Å². The molecule has 1 N–H and O–H groups in total. The van der Waals surface area contributed by atoms with Gasteiger partial charge in [-0.3, -0.25) is 9.59 Å². The summed E-state index contributed by atoms with van der Waals surface area (Å²) in [5.74, 6) is -1.19. The van der Waals surface area contributed by atoms with Crippen molar-refractivity contribution in [1.29, 1.82) is 0 Å². The van der Waals surface area contributed by atoms with Crippen molar-refractivity contribution in [2.24, 2.45) is 0 Å². The summed E-state index contributed by atoms with van der Waals surface area (Å²) in [7, 11) is -3.01. The summed E-state index contributed by atoms with van der Waals surface area (Å²) in [5.41, 5.74) is 0. The fraction of sp³-hybridized carbons (Fsp3) is 0.440. The quantitative estimate of drug-likeness (QED) is 0.509. The molecular formula is C25H32O7Si. The molecule has 0 unspecified atom stereocenters. The van der Waals surface area contributed by atoms with Crippen LogP contribution in [0.3, 0.4) is 0 Å². The normalized spacial score (nSPS) is 23.6. The van der Waals surface area contributed by atoms with Gasteiger partial charge in [0.2, 0.25) is 0 Å². The topological polar surface area (TPSA) is 91.3 Å². The average molecular weight is 473 g/mol. The standard InChI is InChI=1S/C25H32O7Si/c1-17(26)30-22-21(16-29-24(28)23(22)31-18(2)27)32-33(25(3,4)5,19-12-8-6-9-13-19)20-14-10-7-11-15-20/h6-15,21-24,28H,16H2,1-5H3/t21-,22+,23-,24-/m1/s1. The van der Waals surface area contributed by atoms with Crippen molar-refractivity contribution < 1.29 is 33.3 Å². The second-order valence-corrected chi connectivity index (χ2v) is 13.4. The van der Waals surface area contributed by atoms with Crippen LogP contribution in [0.1, 0.15) is 34.6 Å². The molecule has 1 aliphatic rings. The van der Waals surface area contributed by atoms with E-state index in [9.17, 15) is 14.7 Å². The monoisotopic (exact) mass is 472 g/mol. The van der Waals surface area contributed by atoms with E-state index in [-0.39, 0.29) is 11.6 Å². The first kappa shape index (κ1) is 25.1. The second-order valence-electron chi connectivity index (χ2n) is 9.19. The van der Waals surface area contributed by atoms with Crippen LogP contribution in [0.25, 0.3) is 0 Å². The van der Waals surface area contributed by atoms with Crippen molar-refractivity contribution in [3.05, 3.63) is 60.7 Å². The number of aliphatic hydroxyl groups excluding tert-OH is 1. The number of hydrogen-bond donors (Lipinski definition) is 1. The molecule has 0 aromatic heterocycles. The fourth-order valence-electron chi connectivity index (χ4n) is 4.43. The summed E-state index contributed by atoms with van der Waals surface area (Å²) < 4.78 is 23.4. The first-order valence-corrected chi connectivity index (χ1v) is 12.9. The number of carbonyl (C=O) groups is 2. The molecule has 7 nitrogen and oxygen atoms in total. The predicted molar refractivity (Wildman–Crippen MR) is 126 cm³/mol. The van der Waals surface area contributed by atoms with Crippen LogP contribution < -0.4 is 10.4 Å². The van der Waals surface area contributed by atoms with Crippen LogP contribution in [-0.4, -0.2) is 56.6 Å². The van der Waals surface area contributed by atoms with E-state index in [0.717, 1.165) is 10.4 Å². The summed E-state index contributed by atoms with van der Waals surface area (Å²) in [4.78, 5) is 23.7. The zero-order chi connectivity index (χ0) is 24.2. The molecule has 3 rings (SSSR count). The maximum atomic E-state index is 12.0. The summed E-state index contributed by atoms with van der Waals surface area (Å²) in [6.45, 7) is 8.85. The van der Waals surface area contributed by atoms with E-state index in [2.05, 4.69) is 20.8 Å². The van der Waals surface area contributed by atoms with Crippen LogP contribution in [0.2, 0.25) is 5.04 Å². The average Bonchev–Trinajstić information content (AvgIpc) is 2.75. The first-order chi connectivity index (χ1) is 15.6. The van der Waals surface area contributed by atoms with Crippen LogP contribution in [0, 0.1) is 0 Å². The summed E-state index contributed by atoms with van der Waals surface area (Å²) >= 11 is 0. The molecule has 1 saturated heterocycles. The molecule has 8 heteroatoms. The molecular weight excluding hydrogens is 440 g/mol. The van der Waals surface area contributed by atoms with E-state index >= 15 is 0 Å². The largest absolute Gasteiger partial charge is 0.456 e. The molecule has 178 valence electrons. The molecule has 2 aromatic rings. The Balaban J connectivity index is 2.15. The van der Waals surface area contributed by atoms with Crippen LogP contribution in [0.5, 0.6) is 0 Å². The van der Waals surface area contributed by atoms with Gasteiger partial charge in [0.15, 0.2) is 18.5 Å². The molecule has 4 atom stereocenters. The number of benzene rings is 2. The van der Waals surface area contributed by atoms with Crippen LogP contribution in [-0.2, 0) is 28.2 Å².